The van der Waals surface area contributed by atoms with Crippen LogP contribution in [-0.2, 0) is 19.1 Å². The van der Waals surface area contributed by atoms with E-state index in [-0.39, 0.29) is 19.1 Å². The van der Waals surface area contributed by atoms with Crippen LogP contribution >= 0.6 is 0 Å². The van der Waals surface area contributed by atoms with E-state index < -0.39 is 17.9 Å². The number of esters is 2. The quantitative estimate of drug-likeness (QED) is 0.315. The van der Waals surface area contributed by atoms with Gasteiger partial charge in [-0.15, -0.1) is 13.2 Å². The molecule has 0 saturated carbocycles. The first kappa shape index (κ1) is 18.9. The Bertz CT molecular complexity index is 350. The largest absolute Gasteiger partial charge is 0.461 e. The Balaban J connectivity index is 4.89. The molecule has 0 aromatic rings. The number of rotatable bonds is 12. The summed E-state index contributed by atoms with van der Waals surface area (Å²) < 4.78 is 9.95. The highest BCUT2D eigenvalue weighted by Gasteiger charge is 2.31. The molecule has 0 aromatic carbocycles. The molecule has 0 aromatic heterocycles. The maximum absolute atomic E-state index is 12.0. The third kappa shape index (κ3) is 7.92. The Morgan fingerprint density at radius 1 is 0.810 bits per heavy atom. The summed E-state index contributed by atoms with van der Waals surface area (Å²) in [5.41, 5.74) is 0. The van der Waals surface area contributed by atoms with E-state index in [1.807, 2.05) is 0 Å². The van der Waals surface area contributed by atoms with Gasteiger partial charge in [-0.25, -0.2) is 0 Å². The van der Waals surface area contributed by atoms with E-state index in [4.69, 9.17) is 9.47 Å². The van der Waals surface area contributed by atoms with Gasteiger partial charge in [-0.2, -0.15) is 0 Å². The molecule has 0 aliphatic carbocycles. The van der Waals surface area contributed by atoms with Crippen LogP contribution in [0.2, 0.25) is 0 Å². The minimum Gasteiger partial charge on any atom is -0.461 e. The predicted octanol–water partition coefficient (Wildman–Crippen LogP) is 3.22. The van der Waals surface area contributed by atoms with Crippen molar-refractivity contribution >= 4 is 11.9 Å². The lowest BCUT2D eigenvalue weighted by atomic mass is 9.89. The number of carbonyl (C=O) groups excluding carboxylic acids is 2. The van der Waals surface area contributed by atoms with E-state index in [0.29, 0.717) is 19.3 Å². The second-order valence-corrected chi connectivity index (χ2v) is 4.54. The molecule has 116 valence electrons. The Labute approximate surface area is 126 Å². The average molecular weight is 292 g/mol. The number of carbonyl (C=O) groups is 2. The van der Waals surface area contributed by atoms with Gasteiger partial charge in [0.05, 0.1) is 0 Å². The maximum atomic E-state index is 12.0. The molecule has 0 bridgehead atoms. The fourth-order valence-corrected chi connectivity index (χ4v) is 1.87. The van der Waals surface area contributed by atoms with Gasteiger partial charge < -0.3 is 9.47 Å². The molecule has 0 heterocycles. The molecule has 0 saturated heterocycles. The zero-order valence-corrected chi connectivity index (χ0v) is 12.5. The smallest absolute Gasteiger partial charge is 0.320 e. The molecule has 4 nitrogen and oxygen atoms in total. The molecule has 0 aliphatic rings. The van der Waals surface area contributed by atoms with Gasteiger partial charge in [-0.1, -0.05) is 37.5 Å². The standard InChI is InChI=1S/C17H24O4/c1-5-9-14(10-6-2)13-15(16(18)20-11-7-3)17(19)21-12-8-4/h5-8,14-15H,1-4,9-13H2. The third-order valence-corrected chi connectivity index (χ3v) is 2.82. The van der Waals surface area contributed by atoms with Crippen LogP contribution in [0.5, 0.6) is 0 Å². The lowest BCUT2D eigenvalue weighted by Crippen LogP contribution is -2.30. The zero-order chi connectivity index (χ0) is 16.1. The van der Waals surface area contributed by atoms with Crippen LogP contribution in [0, 0.1) is 11.8 Å². The van der Waals surface area contributed by atoms with Gasteiger partial charge in [0.15, 0.2) is 5.92 Å². The Morgan fingerprint density at radius 3 is 1.57 bits per heavy atom. The van der Waals surface area contributed by atoms with Crippen molar-refractivity contribution in [2.45, 2.75) is 19.3 Å². The van der Waals surface area contributed by atoms with Crippen molar-refractivity contribution in [2.24, 2.45) is 11.8 Å². The predicted molar refractivity (Wildman–Crippen MR) is 83.5 cm³/mol. The summed E-state index contributed by atoms with van der Waals surface area (Å²) in [5.74, 6) is -2.04. The summed E-state index contributed by atoms with van der Waals surface area (Å²) in [4.78, 5) is 24.0. The highest BCUT2D eigenvalue weighted by atomic mass is 16.6. The first-order chi connectivity index (χ1) is 10.1. The number of ether oxygens (including phenoxy) is 2. The molecule has 0 aliphatic heterocycles. The van der Waals surface area contributed by atoms with Gasteiger partial charge in [0, 0.05) is 0 Å². The monoisotopic (exact) mass is 292 g/mol. The van der Waals surface area contributed by atoms with Gasteiger partial charge >= 0.3 is 11.9 Å². The fourth-order valence-electron chi connectivity index (χ4n) is 1.87. The van der Waals surface area contributed by atoms with Crippen LogP contribution in [0.1, 0.15) is 19.3 Å². The second kappa shape index (κ2) is 11.7. The topological polar surface area (TPSA) is 52.6 Å². The molecule has 0 atom stereocenters. The van der Waals surface area contributed by atoms with Crippen molar-refractivity contribution in [1.82, 2.24) is 0 Å². The van der Waals surface area contributed by atoms with E-state index in [2.05, 4.69) is 26.3 Å². The molecule has 0 spiro atoms. The molecular weight excluding hydrogens is 268 g/mol. The van der Waals surface area contributed by atoms with Crippen molar-refractivity contribution in [3.8, 4) is 0 Å². The number of hydrogen-bond donors (Lipinski definition) is 0. The minimum atomic E-state index is -0.949. The van der Waals surface area contributed by atoms with Gasteiger partial charge in [0.1, 0.15) is 13.2 Å². The summed E-state index contributed by atoms with van der Waals surface area (Å²) in [6.45, 7) is 14.5. The average Bonchev–Trinajstić information content (AvgIpc) is 2.48. The molecule has 0 radical (unpaired) electrons. The molecule has 0 amide bonds. The third-order valence-electron chi connectivity index (χ3n) is 2.82. The SMILES string of the molecule is C=CCOC(=O)C(CC(CC=C)CC=C)C(=O)OCC=C. The highest BCUT2D eigenvalue weighted by Crippen LogP contribution is 2.22. The summed E-state index contributed by atoms with van der Waals surface area (Å²) in [6, 6.07) is 0. The highest BCUT2D eigenvalue weighted by molar-refractivity contribution is 5.95. The number of allylic oxidation sites excluding steroid dienone is 2. The van der Waals surface area contributed by atoms with Crippen LogP contribution in [0.25, 0.3) is 0 Å². The Kier molecular flexibility index (Phi) is 10.5. The summed E-state index contributed by atoms with van der Waals surface area (Å²) in [5, 5.41) is 0. The van der Waals surface area contributed by atoms with E-state index in [1.165, 1.54) is 12.2 Å². The molecule has 0 unspecified atom stereocenters. The van der Waals surface area contributed by atoms with E-state index in [1.54, 1.807) is 12.2 Å². The summed E-state index contributed by atoms with van der Waals surface area (Å²) in [6.07, 6.45) is 8.14. The Hall–Kier alpha value is -2.10. The normalized spacial score (nSPS) is 10.0. The van der Waals surface area contributed by atoms with Crippen LogP contribution in [0.4, 0.5) is 0 Å². The van der Waals surface area contributed by atoms with E-state index >= 15 is 0 Å². The number of hydrogen-bond acceptors (Lipinski definition) is 4. The lowest BCUT2D eigenvalue weighted by molar-refractivity contribution is -0.161. The maximum Gasteiger partial charge on any atom is 0.320 e. The Morgan fingerprint density at radius 2 is 1.24 bits per heavy atom. The van der Waals surface area contributed by atoms with Gasteiger partial charge in [-0.05, 0) is 25.2 Å². The molecule has 21 heavy (non-hydrogen) atoms. The zero-order valence-electron chi connectivity index (χ0n) is 12.5. The van der Waals surface area contributed by atoms with Crippen LogP contribution < -0.4 is 0 Å². The first-order valence-corrected chi connectivity index (χ1v) is 6.87. The van der Waals surface area contributed by atoms with Gasteiger partial charge in [0.2, 0.25) is 0 Å². The lowest BCUT2D eigenvalue weighted by Gasteiger charge is -2.19. The fraction of sp³-hybridized carbons (Fsp3) is 0.412. The summed E-state index contributed by atoms with van der Waals surface area (Å²) >= 11 is 0. The van der Waals surface area contributed by atoms with Crippen LogP contribution in [0.15, 0.2) is 50.6 Å². The van der Waals surface area contributed by atoms with Gasteiger partial charge in [-0.3, -0.25) is 9.59 Å². The van der Waals surface area contributed by atoms with Crippen LogP contribution in [-0.4, -0.2) is 25.2 Å². The molecule has 4 heteroatoms. The molecule has 0 N–H and O–H groups in total. The second-order valence-electron chi connectivity index (χ2n) is 4.54. The van der Waals surface area contributed by atoms with Gasteiger partial charge in [0.25, 0.3) is 0 Å². The van der Waals surface area contributed by atoms with Crippen molar-refractivity contribution in [3.63, 3.8) is 0 Å². The van der Waals surface area contributed by atoms with Crippen molar-refractivity contribution in [2.75, 3.05) is 13.2 Å². The van der Waals surface area contributed by atoms with Crippen LogP contribution in [0.3, 0.4) is 0 Å². The minimum absolute atomic E-state index is 0.0671. The molecule has 0 fully saturated rings. The van der Waals surface area contributed by atoms with Crippen molar-refractivity contribution in [3.05, 3.63) is 50.6 Å². The molecular formula is C17H24O4. The van der Waals surface area contributed by atoms with Crippen molar-refractivity contribution in [1.29, 1.82) is 0 Å². The van der Waals surface area contributed by atoms with E-state index in [9.17, 15) is 9.59 Å². The van der Waals surface area contributed by atoms with Crippen molar-refractivity contribution < 1.29 is 19.1 Å². The van der Waals surface area contributed by atoms with E-state index in [0.717, 1.165) is 0 Å². The molecule has 0 rings (SSSR count). The summed E-state index contributed by atoms with van der Waals surface area (Å²) in [7, 11) is 0. The first-order valence-electron chi connectivity index (χ1n) is 6.87.